The maximum atomic E-state index is 11.4. The van der Waals surface area contributed by atoms with Gasteiger partial charge < -0.3 is 11.1 Å². The standard InChI is InChI=1S/C13H26N4O2S.HI/c1-20(18,19)17-8-7-11(10-17)9-15-13(14)16-12-5-3-2-4-6-12;/h11-12H,2-10H2,1H3,(H3,14,15,16);1H. The first-order valence-corrected chi connectivity index (χ1v) is 9.31. The first-order valence-electron chi connectivity index (χ1n) is 7.47. The van der Waals surface area contributed by atoms with E-state index in [1.54, 1.807) is 0 Å². The van der Waals surface area contributed by atoms with Crippen molar-refractivity contribution < 1.29 is 8.42 Å². The van der Waals surface area contributed by atoms with E-state index in [0.29, 0.717) is 31.6 Å². The average molecular weight is 430 g/mol. The smallest absolute Gasteiger partial charge is 0.211 e. The molecule has 21 heavy (non-hydrogen) atoms. The van der Waals surface area contributed by atoms with Gasteiger partial charge in [0.05, 0.1) is 6.26 Å². The molecule has 0 bridgehead atoms. The molecular formula is C13H27IN4O2S. The summed E-state index contributed by atoms with van der Waals surface area (Å²) in [6.45, 7) is 1.78. The number of hydrogen-bond acceptors (Lipinski definition) is 3. The second-order valence-electron chi connectivity index (χ2n) is 5.98. The van der Waals surface area contributed by atoms with Crippen LogP contribution in [-0.4, -0.2) is 50.6 Å². The molecule has 0 amide bonds. The Balaban J connectivity index is 0.00000220. The van der Waals surface area contributed by atoms with Crippen molar-refractivity contribution in [1.29, 1.82) is 0 Å². The molecule has 1 aliphatic heterocycles. The number of halogens is 1. The molecule has 1 aliphatic carbocycles. The SMILES string of the molecule is CS(=O)(=O)N1CCC(CN=C(N)NC2CCCCC2)C1.I. The molecule has 1 atom stereocenters. The van der Waals surface area contributed by atoms with Crippen molar-refractivity contribution in [3.05, 3.63) is 0 Å². The molecule has 2 rings (SSSR count). The van der Waals surface area contributed by atoms with E-state index in [2.05, 4.69) is 10.3 Å². The van der Waals surface area contributed by atoms with Crippen LogP contribution in [0.3, 0.4) is 0 Å². The summed E-state index contributed by atoms with van der Waals surface area (Å²) in [6.07, 6.45) is 8.31. The van der Waals surface area contributed by atoms with Crippen LogP contribution in [0.2, 0.25) is 0 Å². The highest BCUT2D eigenvalue weighted by atomic mass is 127. The fraction of sp³-hybridized carbons (Fsp3) is 0.923. The van der Waals surface area contributed by atoms with Crippen LogP contribution in [0.1, 0.15) is 38.5 Å². The second-order valence-corrected chi connectivity index (χ2v) is 7.96. The Morgan fingerprint density at radius 3 is 2.52 bits per heavy atom. The highest BCUT2D eigenvalue weighted by molar-refractivity contribution is 14.0. The van der Waals surface area contributed by atoms with Gasteiger partial charge in [0.25, 0.3) is 0 Å². The Morgan fingerprint density at radius 2 is 1.95 bits per heavy atom. The molecule has 3 N–H and O–H groups in total. The third-order valence-corrected chi connectivity index (χ3v) is 5.46. The van der Waals surface area contributed by atoms with Crippen LogP contribution in [0.4, 0.5) is 0 Å². The third-order valence-electron chi connectivity index (χ3n) is 4.19. The lowest BCUT2D eigenvalue weighted by atomic mass is 9.96. The van der Waals surface area contributed by atoms with Crippen molar-refractivity contribution in [2.24, 2.45) is 16.6 Å². The highest BCUT2D eigenvalue weighted by Gasteiger charge is 2.28. The van der Waals surface area contributed by atoms with Crippen LogP contribution in [-0.2, 0) is 10.0 Å². The molecule has 124 valence electrons. The van der Waals surface area contributed by atoms with Gasteiger partial charge >= 0.3 is 0 Å². The van der Waals surface area contributed by atoms with Crippen LogP contribution >= 0.6 is 24.0 Å². The maximum Gasteiger partial charge on any atom is 0.211 e. The van der Waals surface area contributed by atoms with Gasteiger partial charge in [-0.15, -0.1) is 24.0 Å². The number of hydrogen-bond donors (Lipinski definition) is 2. The minimum atomic E-state index is -3.06. The van der Waals surface area contributed by atoms with Crippen molar-refractivity contribution in [2.45, 2.75) is 44.6 Å². The van der Waals surface area contributed by atoms with Crippen molar-refractivity contribution in [3.8, 4) is 0 Å². The number of sulfonamides is 1. The summed E-state index contributed by atoms with van der Waals surface area (Å²) in [4.78, 5) is 4.38. The van der Waals surface area contributed by atoms with E-state index in [0.717, 1.165) is 6.42 Å². The summed E-state index contributed by atoms with van der Waals surface area (Å²) >= 11 is 0. The van der Waals surface area contributed by atoms with Gasteiger partial charge in [0.1, 0.15) is 0 Å². The molecule has 1 saturated carbocycles. The van der Waals surface area contributed by atoms with Crippen LogP contribution in [0, 0.1) is 5.92 Å². The number of nitrogens with two attached hydrogens (primary N) is 1. The van der Waals surface area contributed by atoms with Crippen molar-refractivity contribution in [3.63, 3.8) is 0 Å². The number of rotatable bonds is 4. The summed E-state index contributed by atoms with van der Waals surface area (Å²) in [5.41, 5.74) is 5.91. The molecular weight excluding hydrogens is 403 g/mol. The predicted octanol–water partition coefficient (Wildman–Crippen LogP) is 1.12. The second kappa shape index (κ2) is 8.52. The van der Waals surface area contributed by atoms with Crippen molar-refractivity contribution >= 4 is 40.0 Å². The molecule has 2 aliphatic rings. The fourth-order valence-corrected chi connectivity index (χ4v) is 3.90. The van der Waals surface area contributed by atoms with Gasteiger partial charge in [0.2, 0.25) is 10.0 Å². The Labute approximate surface area is 145 Å². The van der Waals surface area contributed by atoms with E-state index in [-0.39, 0.29) is 29.9 Å². The van der Waals surface area contributed by atoms with E-state index in [4.69, 9.17) is 5.73 Å². The quantitative estimate of drug-likeness (QED) is 0.398. The topological polar surface area (TPSA) is 87.8 Å². The normalized spacial score (nSPS) is 25.6. The van der Waals surface area contributed by atoms with Gasteiger partial charge in [0, 0.05) is 25.7 Å². The van der Waals surface area contributed by atoms with E-state index < -0.39 is 10.0 Å². The minimum Gasteiger partial charge on any atom is -0.370 e. The number of nitrogens with zero attached hydrogens (tertiary/aromatic N) is 2. The average Bonchev–Trinajstić information content (AvgIpc) is 2.86. The zero-order chi connectivity index (χ0) is 14.6. The third kappa shape index (κ3) is 6.27. The molecule has 0 aromatic rings. The Kier molecular flexibility index (Phi) is 7.69. The lowest BCUT2D eigenvalue weighted by Crippen LogP contribution is -2.41. The van der Waals surface area contributed by atoms with Gasteiger partial charge in [-0.05, 0) is 25.2 Å². The summed E-state index contributed by atoms with van der Waals surface area (Å²) < 4.78 is 24.4. The number of nitrogens with one attached hydrogen (secondary N) is 1. The molecule has 1 saturated heterocycles. The lowest BCUT2D eigenvalue weighted by molar-refractivity contribution is 0.411. The highest BCUT2D eigenvalue weighted by Crippen LogP contribution is 2.19. The van der Waals surface area contributed by atoms with E-state index in [1.807, 2.05) is 0 Å². The zero-order valence-electron chi connectivity index (χ0n) is 12.6. The van der Waals surface area contributed by atoms with E-state index >= 15 is 0 Å². The molecule has 0 spiro atoms. The van der Waals surface area contributed by atoms with Gasteiger partial charge in [-0.1, -0.05) is 19.3 Å². The molecule has 0 aromatic carbocycles. The molecule has 0 aromatic heterocycles. The summed E-state index contributed by atoms with van der Waals surface area (Å²) in [5.74, 6) is 0.797. The number of guanidine groups is 1. The Hall–Kier alpha value is -0.0900. The van der Waals surface area contributed by atoms with E-state index in [9.17, 15) is 8.42 Å². The zero-order valence-corrected chi connectivity index (χ0v) is 15.8. The summed E-state index contributed by atoms with van der Waals surface area (Å²) in [6, 6.07) is 0.462. The van der Waals surface area contributed by atoms with Crippen LogP contribution in [0.5, 0.6) is 0 Å². The van der Waals surface area contributed by atoms with Gasteiger partial charge in [-0.3, -0.25) is 4.99 Å². The molecule has 2 fully saturated rings. The van der Waals surface area contributed by atoms with E-state index in [1.165, 1.54) is 42.7 Å². The van der Waals surface area contributed by atoms with Gasteiger partial charge in [-0.2, -0.15) is 0 Å². The minimum absolute atomic E-state index is 0. The van der Waals surface area contributed by atoms with Crippen molar-refractivity contribution in [1.82, 2.24) is 9.62 Å². The molecule has 1 heterocycles. The lowest BCUT2D eigenvalue weighted by Gasteiger charge is -2.23. The largest absolute Gasteiger partial charge is 0.370 e. The van der Waals surface area contributed by atoms with Crippen LogP contribution in [0.15, 0.2) is 4.99 Å². The first kappa shape index (κ1) is 19.0. The summed E-state index contributed by atoms with van der Waals surface area (Å²) in [7, 11) is -3.06. The van der Waals surface area contributed by atoms with Crippen LogP contribution < -0.4 is 11.1 Å². The van der Waals surface area contributed by atoms with Crippen LogP contribution in [0.25, 0.3) is 0 Å². The van der Waals surface area contributed by atoms with Gasteiger partial charge in [-0.25, -0.2) is 12.7 Å². The monoisotopic (exact) mass is 430 g/mol. The first-order chi connectivity index (χ1) is 9.45. The summed E-state index contributed by atoms with van der Waals surface area (Å²) in [5, 5.41) is 3.28. The molecule has 0 radical (unpaired) electrons. The number of aliphatic imine (C=N–C) groups is 1. The van der Waals surface area contributed by atoms with Gasteiger partial charge in [0.15, 0.2) is 5.96 Å². The predicted molar refractivity (Wildman–Crippen MR) is 96.4 cm³/mol. The molecule has 1 unspecified atom stereocenters. The molecule has 8 heteroatoms. The Bertz CT molecular complexity index is 449. The van der Waals surface area contributed by atoms with Crippen molar-refractivity contribution in [2.75, 3.05) is 25.9 Å². The molecule has 6 nitrogen and oxygen atoms in total. The fourth-order valence-electron chi connectivity index (χ4n) is 2.98. The Morgan fingerprint density at radius 1 is 1.29 bits per heavy atom. The maximum absolute atomic E-state index is 11.4.